The molecular formula is C18H21BrN2O6S. The van der Waals surface area contributed by atoms with Gasteiger partial charge in [0.2, 0.25) is 0 Å². The van der Waals surface area contributed by atoms with Gasteiger partial charge in [-0.15, -0.1) is 0 Å². The lowest BCUT2D eigenvalue weighted by Crippen LogP contribution is -2.21. The minimum Gasteiger partial charge on any atom is -0.493 e. The van der Waals surface area contributed by atoms with E-state index in [9.17, 15) is 18.5 Å². The summed E-state index contributed by atoms with van der Waals surface area (Å²) in [6, 6.07) is 8.87. The Morgan fingerprint density at radius 1 is 1.21 bits per heavy atom. The topological polar surface area (TPSA) is 108 Å². The van der Waals surface area contributed by atoms with E-state index >= 15 is 0 Å². The molecule has 2 aromatic carbocycles. The van der Waals surface area contributed by atoms with Crippen LogP contribution >= 0.6 is 15.9 Å². The number of hydrogen-bond donors (Lipinski definition) is 1. The second-order valence-electron chi connectivity index (χ2n) is 6.05. The third kappa shape index (κ3) is 5.83. The number of nitrogens with zero attached hydrogens (tertiary/aromatic N) is 1. The molecule has 2 aromatic rings. The largest absolute Gasteiger partial charge is 0.493 e. The molecule has 0 heterocycles. The Balaban J connectivity index is 2.50. The molecule has 0 aliphatic carbocycles. The number of ether oxygens (including phenoxy) is 2. The van der Waals surface area contributed by atoms with Crippen molar-refractivity contribution < 1.29 is 22.8 Å². The van der Waals surface area contributed by atoms with E-state index in [-0.39, 0.29) is 17.1 Å². The Hall–Kier alpha value is -2.33. The summed E-state index contributed by atoms with van der Waals surface area (Å²) >= 11 is 3.21. The first-order valence-electron chi connectivity index (χ1n) is 8.33. The first kappa shape index (κ1) is 22.0. The van der Waals surface area contributed by atoms with Crippen LogP contribution in [-0.4, -0.2) is 39.1 Å². The highest BCUT2D eigenvalue weighted by Gasteiger charge is 2.23. The summed E-state index contributed by atoms with van der Waals surface area (Å²) < 4.78 is 35.3. The van der Waals surface area contributed by atoms with Gasteiger partial charge >= 0.3 is 0 Å². The van der Waals surface area contributed by atoms with Crippen LogP contribution in [-0.2, 0) is 9.84 Å². The van der Waals surface area contributed by atoms with Crippen molar-refractivity contribution in [2.75, 3.05) is 31.0 Å². The molecule has 10 heteroatoms. The van der Waals surface area contributed by atoms with Crippen LogP contribution in [0.2, 0.25) is 0 Å². The zero-order chi connectivity index (χ0) is 20.9. The van der Waals surface area contributed by atoms with Crippen molar-refractivity contribution in [1.29, 1.82) is 0 Å². The number of nitro groups is 1. The Labute approximate surface area is 172 Å². The number of nitrogens with one attached hydrogen (secondary N) is 1. The molecule has 0 bridgehead atoms. The monoisotopic (exact) mass is 472 g/mol. The number of anilines is 1. The number of methoxy groups -OCH3 is 1. The Morgan fingerprint density at radius 2 is 1.93 bits per heavy atom. The normalized spacial score (nSPS) is 12.3. The molecule has 28 heavy (non-hydrogen) atoms. The average molecular weight is 473 g/mol. The molecule has 0 aromatic heterocycles. The summed E-state index contributed by atoms with van der Waals surface area (Å²) in [5.74, 6) is 0.726. The van der Waals surface area contributed by atoms with Crippen LogP contribution in [0.1, 0.15) is 18.5 Å². The van der Waals surface area contributed by atoms with Crippen molar-refractivity contribution in [3.63, 3.8) is 0 Å². The van der Waals surface area contributed by atoms with Gasteiger partial charge in [0.05, 0.1) is 30.4 Å². The van der Waals surface area contributed by atoms with E-state index in [0.717, 1.165) is 6.26 Å². The summed E-state index contributed by atoms with van der Waals surface area (Å²) in [7, 11) is -1.88. The number of benzene rings is 2. The van der Waals surface area contributed by atoms with Crippen LogP contribution in [0.3, 0.4) is 0 Å². The van der Waals surface area contributed by atoms with Crippen LogP contribution in [0.4, 0.5) is 11.4 Å². The van der Waals surface area contributed by atoms with E-state index in [1.807, 2.05) is 6.92 Å². The van der Waals surface area contributed by atoms with E-state index in [1.165, 1.54) is 19.2 Å². The smallest absolute Gasteiger partial charge is 0.293 e. The molecule has 8 nitrogen and oxygen atoms in total. The molecule has 0 spiro atoms. The molecule has 0 saturated heterocycles. The van der Waals surface area contributed by atoms with Gasteiger partial charge in [-0.1, -0.05) is 22.0 Å². The van der Waals surface area contributed by atoms with E-state index in [2.05, 4.69) is 21.2 Å². The summed E-state index contributed by atoms with van der Waals surface area (Å²) in [4.78, 5) is 10.9. The third-order valence-electron chi connectivity index (χ3n) is 3.85. The predicted octanol–water partition coefficient (Wildman–Crippen LogP) is 3.96. The lowest BCUT2D eigenvalue weighted by atomic mass is 10.1. The van der Waals surface area contributed by atoms with E-state index in [1.54, 1.807) is 24.3 Å². The summed E-state index contributed by atoms with van der Waals surface area (Å²) in [6.07, 6.45) is 1.12. The third-order valence-corrected chi connectivity index (χ3v) is 5.28. The van der Waals surface area contributed by atoms with Crippen LogP contribution in [0, 0.1) is 10.1 Å². The Bertz CT molecular complexity index is 965. The molecule has 0 amide bonds. The van der Waals surface area contributed by atoms with Crippen LogP contribution in [0.25, 0.3) is 0 Å². The molecule has 1 N–H and O–H groups in total. The van der Waals surface area contributed by atoms with Crippen molar-refractivity contribution in [2.45, 2.75) is 13.0 Å². The van der Waals surface area contributed by atoms with Gasteiger partial charge in [0.1, 0.15) is 15.5 Å². The van der Waals surface area contributed by atoms with E-state index < -0.39 is 20.8 Å². The van der Waals surface area contributed by atoms with Gasteiger partial charge in [0, 0.05) is 16.8 Å². The van der Waals surface area contributed by atoms with Gasteiger partial charge in [-0.05, 0) is 36.8 Å². The highest BCUT2D eigenvalue weighted by atomic mass is 79.9. The zero-order valence-corrected chi connectivity index (χ0v) is 18.0. The van der Waals surface area contributed by atoms with E-state index in [0.29, 0.717) is 28.1 Å². The fourth-order valence-electron chi connectivity index (χ4n) is 2.67. The first-order chi connectivity index (χ1) is 13.1. The molecule has 0 aliphatic rings. The molecule has 0 radical (unpaired) electrons. The standard InChI is InChI=1S/C18H21BrN2O6S/c1-4-27-18-9-12(5-8-17(18)26-2)15(11-28(3,24)25)20-14-7-6-13(19)10-16(14)21(22)23/h5-10,15,20H,4,11H2,1-3H3/t15-/m1/s1. The Kier molecular flexibility index (Phi) is 7.25. The number of hydrogen-bond acceptors (Lipinski definition) is 7. The summed E-state index contributed by atoms with van der Waals surface area (Å²) in [5.41, 5.74) is 0.661. The summed E-state index contributed by atoms with van der Waals surface area (Å²) in [5, 5.41) is 14.4. The fraction of sp³-hybridized carbons (Fsp3) is 0.333. The second-order valence-corrected chi connectivity index (χ2v) is 9.15. The number of rotatable bonds is 9. The maximum Gasteiger partial charge on any atom is 0.293 e. The van der Waals surface area contributed by atoms with Gasteiger partial charge in [0.15, 0.2) is 11.5 Å². The molecule has 1 atom stereocenters. The Morgan fingerprint density at radius 3 is 2.50 bits per heavy atom. The lowest BCUT2D eigenvalue weighted by Gasteiger charge is -2.21. The van der Waals surface area contributed by atoms with Gasteiger partial charge in [-0.3, -0.25) is 10.1 Å². The zero-order valence-electron chi connectivity index (χ0n) is 15.6. The van der Waals surface area contributed by atoms with Crippen molar-refractivity contribution in [1.82, 2.24) is 0 Å². The van der Waals surface area contributed by atoms with Gasteiger partial charge < -0.3 is 14.8 Å². The molecule has 0 unspecified atom stereocenters. The molecule has 0 fully saturated rings. The molecule has 152 valence electrons. The SMILES string of the molecule is CCOc1cc([C@@H](CS(C)(=O)=O)Nc2ccc(Br)cc2[N+](=O)[O-])ccc1OC. The van der Waals surface area contributed by atoms with Crippen LogP contribution in [0.5, 0.6) is 11.5 Å². The minimum atomic E-state index is -3.39. The van der Waals surface area contributed by atoms with E-state index in [4.69, 9.17) is 9.47 Å². The van der Waals surface area contributed by atoms with Gasteiger partial charge in [-0.25, -0.2) is 8.42 Å². The van der Waals surface area contributed by atoms with Crippen LogP contribution in [0.15, 0.2) is 40.9 Å². The maximum atomic E-state index is 12.0. The van der Waals surface area contributed by atoms with Crippen molar-refractivity contribution in [2.24, 2.45) is 0 Å². The summed E-state index contributed by atoms with van der Waals surface area (Å²) in [6.45, 7) is 2.23. The van der Waals surface area contributed by atoms with Gasteiger partial charge in [-0.2, -0.15) is 0 Å². The molecular weight excluding hydrogens is 452 g/mol. The van der Waals surface area contributed by atoms with Crippen molar-refractivity contribution >= 4 is 37.1 Å². The average Bonchev–Trinajstić information content (AvgIpc) is 2.61. The number of sulfone groups is 1. The molecule has 0 aliphatic heterocycles. The molecule has 2 rings (SSSR count). The maximum absolute atomic E-state index is 12.0. The molecule has 0 saturated carbocycles. The number of halogens is 1. The van der Waals surface area contributed by atoms with Crippen LogP contribution < -0.4 is 14.8 Å². The quantitative estimate of drug-likeness (QED) is 0.434. The first-order valence-corrected chi connectivity index (χ1v) is 11.2. The number of nitro benzene ring substituents is 1. The van der Waals surface area contributed by atoms with Gasteiger partial charge in [0.25, 0.3) is 5.69 Å². The minimum absolute atomic E-state index is 0.161. The second kappa shape index (κ2) is 9.24. The van der Waals surface area contributed by atoms with Crippen molar-refractivity contribution in [3.05, 3.63) is 56.5 Å². The lowest BCUT2D eigenvalue weighted by molar-refractivity contribution is -0.384. The highest BCUT2D eigenvalue weighted by molar-refractivity contribution is 9.10. The predicted molar refractivity (Wildman–Crippen MR) is 111 cm³/mol. The van der Waals surface area contributed by atoms with Crippen molar-refractivity contribution in [3.8, 4) is 11.5 Å². The fourth-order valence-corrected chi connectivity index (χ4v) is 3.90. The highest BCUT2D eigenvalue weighted by Crippen LogP contribution is 2.35.